The number of thiazole rings is 1. The zero-order valence-electron chi connectivity index (χ0n) is 10.0. The average Bonchev–Trinajstić information content (AvgIpc) is 2.96. The van der Waals surface area contributed by atoms with Gasteiger partial charge in [-0.2, -0.15) is 4.98 Å². The Bertz CT molecular complexity index is 549. The lowest BCUT2D eigenvalue weighted by molar-refractivity contribution is 0.0690. The monoisotopic (exact) mass is 267 g/mol. The van der Waals surface area contributed by atoms with E-state index in [2.05, 4.69) is 22.2 Å². The molecule has 2 aromatic heterocycles. The van der Waals surface area contributed by atoms with E-state index >= 15 is 0 Å². The van der Waals surface area contributed by atoms with Gasteiger partial charge in [0.15, 0.2) is 5.69 Å². The number of hydrogen-bond acceptors (Lipinski definition) is 6. The Hall–Kier alpha value is -1.89. The summed E-state index contributed by atoms with van der Waals surface area (Å²) in [7, 11) is 0. The first kappa shape index (κ1) is 12.6. The summed E-state index contributed by atoms with van der Waals surface area (Å²) in [6, 6.07) is 0.115. The first-order valence-electron chi connectivity index (χ1n) is 5.50. The molecule has 0 aliphatic carbocycles. The standard InChI is InChI=1S/C11H13N3O3S/c1-3-7-4-12-9(18-7)6(2)13-11-14-8(5-17-11)10(15)16/h4-6H,3H2,1-2H3,(H,13,14)(H,15,16). The van der Waals surface area contributed by atoms with Crippen LogP contribution in [-0.4, -0.2) is 21.0 Å². The molecule has 7 heteroatoms. The van der Waals surface area contributed by atoms with Crippen LogP contribution < -0.4 is 5.32 Å². The molecule has 1 atom stereocenters. The highest BCUT2D eigenvalue weighted by atomic mass is 32.1. The van der Waals surface area contributed by atoms with E-state index in [0.717, 1.165) is 17.7 Å². The van der Waals surface area contributed by atoms with Crippen molar-refractivity contribution < 1.29 is 14.3 Å². The third-order valence-electron chi connectivity index (χ3n) is 2.35. The number of carboxylic acids is 1. The predicted molar refractivity (Wildman–Crippen MR) is 67.0 cm³/mol. The van der Waals surface area contributed by atoms with Gasteiger partial charge in [-0.05, 0) is 13.3 Å². The Labute approximate surface area is 108 Å². The number of carboxylic acid groups (broad SMARTS) is 1. The van der Waals surface area contributed by atoms with Gasteiger partial charge in [0, 0.05) is 11.1 Å². The van der Waals surface area contributed by atoms with Crippen molar-refractivity contribution in [2.24, 2.45) is 0 Å². The van der Waals surface area contributed by atoms with Crippen LogP contribution in [0.5, 0.6) is 0 Å². The Morgan fingerprint density at radius 1 is 1.67 bits per heavy atom. The van der Waals surface area contributed by atoms with Crippen molar-refractivity contribution in [3.05, 3.63) is 28.0 Å². The number of anilines is 1. The van der Waals surface area contributed by atoms with Crippen molar-refractivity contribution in [1.29, 1.82) is 0 Å². The summed E-state index contributed by atoms with van der Waals surface area (Å²) in [5, 5.41) is 12.6. The molecule has 2 rings (SSSR count). The van der Waals surface area contributed by atoms with Gasteiger partial charge in [-0.1, -0.05) is 6.92 Å². The molecule has 0 aliphatic rings. The van der Waals surface area contributed by atoms with E-state index in [1.165, 1.54) is 4.88 Å². The summed E-state index contributed by atoms with van der Waals surface area (Å²) in [5.74, 6) is -1.11. The molecule has 2 heterocycles. The summed E-state index contributed by atoms with van der Waals surface area (Å²) < 4.78 is 5.03. The largest absolute Gasteiger partial charge is 0.476 e. The number of hydrogen-bond donors (Lipinski definition) is 2. The Morgan fingerprint density at radius 2 is 2.44 bits per heavy atom. The maximum Gasteiger partial charge on any atom is 0.357 e. The first-order chi connectivity index (χ1) is 8.60. The lowest BCUT2D eigenvalue weighted by Crippen LogP contribution is -2.06. The van der Waals surface area contributed by atoms with Crippen LogP contribution in [0.4, 0.5) is 6.01 Å². The molecule has 0 radical (unpaired) electrons. The van der Waals surface area contributed by atoms with Crippen LogP contribution in [0.3, 0.4) is 0 Å². The molecule has 0 amide bonds. The van der Waals surface area contributed by atoms with Gasteiger partial charge in [0.1, 0.15) is 11.3 Å². The third kappa shape index (κ3) is 2.67. The molecular formula is C11H13N3O3S. The highest BCUT2D eigenvalue weighted by Crippen LogP contribution is 2.23. The maximum atomic E-state index is 10.7. The summed E-state index contributed by atoms with van der Waals surface area (Å²) in [4.78, 5) is 20.0. The molecule has 0 saturated carbocycles. The summed E-state index contributed by atoms with van der Waals surface area (Å²) in [5.41, 5.74) is -0.113. The molecule has 0 spiro atoms. The molecule has 1 unspecified atom stereocenters. The van der Waals surface area contributed by atoms with Crippen LogP contribution >= 0.6 is 11.3 Å². The van der Waals surface area contributed by atoms with Crippen molar-refractivity contribution in [2.45, 2.75) is 26.3 Å². The second kappa shape index (κ2) is 5.18. The van der Waals surface area contributed by atoms with Gasteiger partial charge in [-0.15, -0.1) is 11.3 Å². The van der Waals surface area contributed by atoms with Gasteiger partial charge in [-0.3, -0.25) is 0 Å². The Kier molecular flexibility index (Phi) is 3.61. The maximum absolute atomic E-state index is 10.7. The fourth-order valence-electron chi connectivity index (χ4n) is 1.37. The molecule has 0 saturated heterocycles. The van der Waals surface area contributed by atoms with Crippen LogP contribution in [0.15, 0.2) is 16.9 Å². The lowest BCUT2D eigenvalue weighted by Gasteiger charge is -2.07. The second-order valence-corrected chi connectivity index (χ2v) is 4.87. The van der Waals surface area contributed by atoms with Gasteiger partial charge >= 0.3 is 5.97 Å². The topological polar surface area (TPSA) is 88.2 Å². The number of aromatic carboxylic acids is 1. The van der Waals surface area contributed by atoms with E-state index in [1.807, 2.05) is 13.1 Å². The van der Waals surface area contributed by atoms with E-state index in [-0.39, 0.29) is 17.8 Å². The molecular weight excluding hydrogens is 254 g/mol. The minimum Gasteiger partial charge on any atom is -0.476 e. The van der Waals surface area contributed by atoms with Crippen LogP contribution in [0.25, 0.3) is 0 Å². The molecule has 0 aromatic carbocycles. The number of aromatic nitrogens is 2. The van der Waals surface area contributed by atoms with Gasteiger partial charge < -0.3 is 14.8 Å². The predicted octanol–water partition coefficient (Wildman–Crippen LogP) is 2.56. The number of aryl methyl sites for hydroxylation is 1. The van der Waals surface area contributed by atoms with E-state index in [1.54, 1.807) is 11.3 Å². The van der Waals surface area contributed by atoms with Gasteiger partial charge in [-0.25, -0.2) is 9.78 Å². The minimum absolute atomic E-state index is 0.0735. The highest BCUT2D eigenvalue weighted by molar-refractivity contribution is 7.11. The molecule has 96 valence electrons. The molecule has 0 bridgehead atoms. The lowest BCUT2D eigenvalue weighted by atomic mass is 10.4. The molecule has 6 nitrogen and oxygen atoms in total. The number of rotatable bonds is 5. The summed E-state index contributed by atoms with van der Waals surface area (Å²) in [6.45, 7) is 3.99. The van der Waals surface area contributed by atoms with E-state index in [9.17, 15) is 4.79 Å². The van der Waals surface area contributed by atoms with Gasteiger partial charge in [0.25, 0.3) is 6.01 Å². The number of oxazole rings is 1. The Morgan fingerprint density at radius 3 is 3.00 bits per heavy atom. The minimum atomic E-state index is -1.11. The molecule has 2 N–H and O–H groups in total. The van der Waals surface area contributed by atoms with Crippen LogP contribution in [0.1, 0.15) is 40.3 Å². The number of carbonyl (C=O) groups is 1. The van der Waals surface area contributed by atoms with Crippen LogP contribution in [0.2, 0.25) is 0 Å². The SMILES string of the molecule is CCc1cnc(C(C)Nc2nc(C(=O)O)co2)s1. The van der Waals surface area contributed by atoms with E-state index < -0.39 is 5.97 Å². The van der Waals surface area contributed by atoms with Crippen molar-refractivity contribution >= 4 is 23.3 Å². The zero-order chi connectivity index (χ0) is 13.1. The van der Waals surface area contributed by atoms with E-state index in [0.29, 0.717) is 0 Å². The van der Waals surface area contributed by atoms with Crippen LogP contribution in [-0.2, 0) is 6.42 Å². The average molecular weight is 267 g/mol. The van der Waals surface area contributed by atoms with Crippen molar-refractivity contribution in [3.8, 4) is 0 Å². The fraction of sp³-hybridized carbons (Fsp3) is 0.364. The molecule has 0 aliphatic heterocycles. The number of nitrogens with zero attached hydrogens (tertiary/aromatic N) is 2. The number of nitrogens with one attached hydrogen (secondary N) is 1. The third-order valence-corrected chi connectivity index (χ3v) is 3.68. The smallest absolute Gasteiger partial charge is 0.357 e. The van der Waals surface area contributed by atoms with Crippen molar-refractivity contribution in [2.75, 3.05) is 5.32 Å². The molecule has 2 aromatic rings. The zero-order valence-corrected chi connectivity index (χ0v) is 10.8. The fourth-order valence-corrected chi connectivity index (χ4v) is 2.23. The van der Waals surface area contributed by atoms with Crippen LogP contribution in [0, 0.1) is 0 Å². The summed E-state index contributed by atoms with van der Waals surface area (Å²) >= 11 is 1.61. The van der Waals surface area contributed by atoms with E-state index in [4.69, 9.17) is 9.52 Å². The summed E-state index contributed by atoms with van der Waals surface area (Å²) in [6.07, 6.45) is 3.90. The first-order valence-corrected chi connectivity index (χ1v) is 6.31. The van der Waals surface area contributed by atoms with Gasteiger partial charge in [0.05, 0.1) is 6.04 Å². The normalized spacial score (nSPS) is 12.3. The highest BCUT2D eigenvalue weighted by Gasteiger charge is 2.15. The molecule has 0 fully saturated rings. The molecule has 18 heavy (non-hydrogen) atoms. The van der Waals surface area contributed by atoms with Crippen molar-refractivity contribution in [3.63, 3.8) is 0 Å². The quantitative estimate of drug-likeness (QED) is 0.865. The van der Waals surface area contributed by atoms with Gasteiger partial charge in [0.2, 0.25) is 0 Å². The van der Waals surface area contributed by atoms with Crippen molar-refractivity contribution in [1.82, 2.24) is 9.97 Å². The second-order valence-electron chi connectivity index (χ2n) is 3.73. The Balaban J connectivity index is 2.05.